The maximum absolute atomic E-state index is 15.0. The van der Waals surface area contributed by atoms with Crippen molar-refractivity contribution in [2.75, 3.05) is 38.0 Å². The lowest BCUT2D eigenvalue weighted by molar-refractivity contribution is 0.0398. The summed E-state index contributed by atoms with van der Waals surface area (Å²) in [5, 5.41) is 2.04. The summed E-state index contributed by atoms with van der Waals surface area (Å²) in [4.78, 5) is 29.2. The number of halogens is 2. The van der Waals surface area contributed by atoms with Gasteiger partial charge in [-0.15, -0.1) is 0 Å². The van der Waals surface area contributed by atoms with E-state index in [0.29, 0.717) is 43.9 Å². The highest BCUT2D eigenvalue weighted by Crippen LogP contribution is 2.55. The molecule has 42 heavy (non-hydrogen) atoms. The fraction of sp³-hybridized carbons (Fsp3) is 0.394. The third-order valence-electron chi connectivity index (χ3n) is 9.11. The van der Waals surface area contributed by atoms with Gasteiger partial charge < -0.3 is 14.4 Å². The van der Waals surface area contributed by atoms with Gasteiger partial charge in [0.25, 0.3) is 5.91 Å². The van der Waals surface area contributed by atoms with Crippen LogP contribution in [0.4, 0.5) is 8.78 Å². The Balaban J connectivity index is 1.46. The minimum absolute atomic E-state index is 0.0225. The monoisotopic (exact) mass is 573 g/mol. The van der Waals surface area contributed by atoms with Crippen LogP contribution in [0.25, 0.3) is 6.08 Å². The first-order valence-corrected chi connectivity index (χ1v) is 14.8. The number of unbranched alkanes of at least 4 members (excludes halogenated alkanes) is 1. The molecule has 4 aliphatic rings. The molecule has 2 aliphatic carbocycles. The Kier molecular flexibility index (Phi) is 6.65. The summed E-state index contributed by atoms with van der Waals surface area (Å²) in [6.07, 6.45) is 7.42. The number of pyridine rings is 1. The van der Waals surface area contributed by atoms with Crippen molar-refractivity contribution in [2.24, 2.45) is 5.92 Å². The standard InChI is InChI=1S/C33H33F2N3O4/c1-2-3-12-42-31-29(39)8-11-37-30(31)32(40)36(19-21-9-13-41-14-10-21)20-38(37)33-24(15-22-6-4-5-7-25(22)33)16-23-17-27(34)28(35)18-26(23)33/h4-8,11,16-18,21H,2-3,9-10,12-15,19-20H2,1H3. The van der Waals surface area contributed by atoms with E-state index >= 15 is 4.39 Å². The Hall–Kier alpha value is -3.98. The number of hydrogen-bond donors (Lipinski definition) is 0. The molecule has 3 heterocycles. The minimum Gasteiger partial charge on any atom is -0.487 e. The van der Waals surface area contributed by atoms with Crippen molar-refractivity contribution in [3.05, 3.63) is 104 Å². The minimum atomic E-state index is -1.01. The Morgan fingerprint density at radius 1 is 1.05 bits per heavy atom. The van der Waals surface area contributed by atoms with Gasteiger partial charge in [-0.3, -0.25) is 19.3 Å². The van der Waals surface area contributed by atoms with Crippen LogP contribution >= 0.6 is 0 Å². The predicted molar refractivity (Wildman–Crippen MR) is 154 cm³/mol. The second-order valence-corrected chi connectivity index (χ2v) is 11.6. The SMILES string of the molecule is CCCCOc1c2n(ccc1=O)N(C13C(=Cc4cc(F)c(F)cc41)Cc1ccccc13)CN(CC1CCOCC1)C2=O. The molecule has 1 amide bonds. The number of amides is 1. The quantitative estimate of drug-likeness (QED) is 0.373. The summed E-state index contributed by atoms with van der Waals surface area (Å²) in [7, 11) is 0. The first kappa shape index (κ1) is 26.9. The molecule has 1 atom stereocenters. The molecule has 2 aromatic carbocycles. The molecule has 1 aromatic heterocycles. The molecule has 0 radical (unpaired) electrons. The fourth-order valence-corrected chi connectivity index (χ4v) is 7.09. The smallest absolute Gasteiger partial charge is 0.277 e. The molecule has 0 N–H and O–H groups in total. The number of nitrogens with zero attached hydrogens (tertiary/aromatic N) is 3. The summed E-state index contributed by atoms with van der Waals surface area (Å²) < 4.78 is 42.9. The third-order valence-corrected chi connectivity index (χ3v) is 9.11. The Labute approximate surface area is 242 Å². The van der Waals surface area contributed by atoms with Gasteiger partial charge in [-0.2, -0.15) is 0 Å². The summed E-state index contributed by atoms with van der Waals surface area (Å²) in [5.74, 6) is -1.85. The molecule has 2 aliphatic heterocycles. The molecule has 1 fully saturated rings. The number of carbonyl (C=O) groups is 1. The summed E-state index contributed by atoms with van der Waals surface area (Å²) in [6, 6.07) is 11.9. The van der Waals surface area contributed by atoms with E-state index in [1.165, 1.54) is 18.2 Å². The lowest BCUT2D eigenvalue weighted by Crippen LogP contribution is -2.63. The van der Waals surface area contributed by atoms with E-state index in [4.69, 9.17) is 9.47 Å². The number of fused-ring (bicyclic) bond motifs is 6. The van der Waals surface area contributed by atoms with Crippen LogP contribution in [0.2, 0.25) is 0 Å². The van der Waals surface area contributed by atoms with Gasteiger partial charge >= 0.3 is 0 Å². The average molecular weight is 574 g/mol. The van der Waals surface area contributed by atoms with Gasteiger partial charge in [0.15, 0.2) is 23.1 Å². The Morgan fingerprint density at radius 3 is 2.64 bits per heavy atom. The normalized spacial score (nSPS) is 21.1. The molecule has 0 bridgehead atoms. The topological polar surface area (TPSA) is 64.0 Å². The van der Waals surface area contributed by atoms with Gasteiger partial charge in [0, 0.05) is 32.0 Å². The van der Waals surface area contributed by atoms with Crippen LogP contribution in [0.5, 0.6) is 5.75 Å². The highest BCUT2D eigenvalue weighted by Gasteiger charge is 2.55. The number of rotatable bonds is 7. The van der Waals surface area contributed by atoms with Gasteiger partial charge in [-0.1, -0.05) is 43.7 Å². The fourth-order valence-electron chi connectivity index (χ4n) is 7.09. The van der Waals surface area contributed by atoms with Gasteiger partial charge in [0.1, 0.15) is 12.2 Å². The maximum atomic E-state index is 15.0. The zero-order valence-electron chi connectivity index (χ0n) is 23.6. The molecule has 0 spiro atoms. The highest BCUT2D eigenvalue weighted by atomic mass is 19.2. The zero-order valence-corrected chi connectivity index (χ0v) is 23.6. The van der Waals surface area contributed by atoms with Crippen LogP contribution in [-0.2, 0) is 16.7 Å². The van der Waals surface area contributed by atoms with Crippen molar-refractivity contribution in [3.63, 3.8) is 0 Å². The Morgan fingerprint density at radius 2 is 1.83 bits per heavy atom. The van der Waals surface area contributed by atoms with E-state index in [9.17, 15) is 14.0 Å². The Bertz CT molecular complexity index is 1660. The second-order valence-electron chi connectivity index (χ2n) is 11.6. The van der Waals surface area contributed by atoms with E-state index in [-0.39, 0.29) is 35.4 Å². The number of aromatic nitrogens is 1. The zero-order chi connectivity index (χ0) is 29.0. The van der Waals surface area contributed by atoms with Crippen molar-refractivity contribution in [2.45, 2.75) is 44.6 Å². The molecular formula is C33H33F2N3O4. The predicted octanol–water partition coefficient (Wildman–Crippen LogP) is 4.98. The largest absolute Gasteiger partial charge is 0.487 e. The molecule has 218 valence electrons. The van der Waals surface area contributed by atoms with E-state index in [1.54, 1.807) is 15.8 Å². The van der Waals surface area contributed by atoms with Crippen molar-refractivity contribution in [3.8, 4) is 5.75 Å². The summed E-state index contributed by atoms with van der Waals surface area (Å²) in [6.45, 7) is 4.29. The molecule has 3 aromatic rings. The highest BCUT2D eigenvalue weighted by molar-refractivity contribution is 5.96. The first-order chi connectivity index (χ1) is 20.4. The number of carbonyl (C=O) groups excluding carboxylic acids is 1. The van der Waals surface area contributed by atoms with Crippen LogP contribution < -0.4 is 15.2 Å². The van der Waals surface area contributed by atoms with E-state index in [1.807, 2.05) is 36.2 Å². The number of ether oxygens (including phenoxy) is 2. The van der Waals surface area contributed by atoms with Gasteiger partial charge in [-0.25, -0.2) is 8.78 Å². The summed E-state index contributed by atoms with van der Waals surface area (Å²) >= 11 is 0. The van der Waals surface area contributed by atoms with Crippen LogP contribution in [0, 0.1) is 17.6 Å². The van der Waals surface area contributed by atoms with Gasteiger partial charge in [0.2, 0.25) is 5.43 Å². The van der Waals surface area contributed by atoms with Crippen LogP contribution in [-0.4, -0.2) is 48.5 Å². The number of hydrogen-bond acceptors (Lipinski definition) is 5. The van der Waals surface area contributed by atoms with Crippen LogP contribution in [0.15, 0.2) is 59.0 Å². The molecule has 0 saturated carbocycles. The van der Waals surface area contributed by atoms with Gasteiger partial charge in [0.05, 0.1) is 6.61 Å². The lowest BCUT2D eigenvalue weighted by Gasteiger charge is -2.50. The van der Waals surface area contributed by atoms with Crippen LogP contribution in [0.1, 0.15) is 65.3 Å². The second kappa shape index (κ2) is 10.4. The average Bonchev–Trinajstić information content (AvgIpc) is 3.47. The van der Waals surface area contributed by atoms with Gasteiger partial charge in [-0.05, 0) is 71.6 Å². The van der Waals surface area contributed by atoms with E-state index < -0.39 is 17.2 Å². The van der Waals surface area contributed by atoms with Crippen LogP contribution in [0.3, 0.4) is 0 Å². The van der Waals surface area contributed by atoms with Crippen molar-refractivity contribution >= 4 is 12.0 Å². The lowest BCUT2D eigenvalue weighted by atomic mass is 9.83. The van der Waals surface area contributed by atoms with E-state index in [2.05, 4.69) is 6.07 Å². The van der Waals surface area contributed by atoms with E-state index in [0.717, 1.165) is 42.4 Å². The molecule has 7 rings (SSSR count). The van der Waals surface area contributed by atoms with Crippen molar-refractivity contribution < 1.29 is 23.0 Å². The number of benzene rings is 2. The molecular weight excluding hydrogens is 540 g/mol. The molecule has 1 saturated heterocycles. The molecule has 1 unspecified atom stereocenters. The molecule has 7 nitrogen and oxygen atoms in total. The van der Waals surface area contributed by atoms with Crippen molar-refractivity contribution in [1.29, 1.82) is 0 Å². The maximum Gasteiger partial charge on any atom is 0.277 e. The first-order valence-electron chi connectivity index (χ1n) is 14.8. The summed E-state index contributed by atoms with van der Waals surface area (Å²) in [5.41, 5.74) is 2.98. The van der Waals surface area contributed by atoms with Crippen molar-refractivity contribution in [1.82, 2.24) is 9.58 Å². The third kappa shape index (κ3) is 4.01. The molecule has 9 heteroatoms.